The molecule has 1 N–H and O–H groups in total. The molecule has 5 nitrogen and oxygen atoms in total. The number of nitrogens with one attached hydrogen (secondary N) is 1. The third-order valence-electron chi connectivity index (χ3n) is 6.25. The molecule has 0 aromatic heterocycles. The van der Waals surface area contributed by atoms with Crippen molar-refractivity contribution in [2.75, 3.05) is 5.75 Å². The van der Waals surface area contributed by atoms with Crippen LogP contribution in [0.1, 0.15) is 33.1 Å². The zero-order valence-corrected chi connectivity index (χ0v) is 16.2. The summed E-state index contributed by atoms with van der Waals surface area (Å²) in [4.78, 5) is 23.7. The summed E-state index contributed by atoms with van der Waals surface area (Å²) >= 11 is 0. The van der Waals surface area contributed by atoms with Crippen LogP contribution >= 0.6 is 0 Å². The molecule has 0 saturated heterocycles. The van der Waals surface area contributed by atoms with E-state index >= 15 is 0 Å². The quantitative estimate of drug-likeness (QED) is 0.596. The monoisotopic (exact) mass is 477 g/mol. The average Bonchev–Trinajstić information content (AvgIpc) is 2.86. The first-order chi connectivity index (χ1) is 13.1. The van der Waals surface area contributed by atoms with E-state index in [1.165, 1.54) is 13.8 Å². The lowest BCUT2D eigenvalue weighted by atomic mass is 9.70. The second-order valence-electron chi connectivity index (χ2n) is 8.08. The van der Waals surface area contributed by atoms with Crippen LogP contribution in [0.2, 0.25) is 0 Å². The van der Waals surface area contributed by atoms with Gasteiger partial charge in [0, 0.05) is 6.42 Å². The molecule has 1 amide bonds. The van der Waals surface area contributed by atoms with Gasteiger partial charge in [-0.1, -0.05) is 13.8 Å². The maximum atomic E-state index is 13.6. The zero-order valence-electron chi connectivity index (χ0n) is 15.3. The first kappa shape index (κ1) is 24.7. The summed E-state index contributed by atoms with van der Waals surface area (Å²) in [5.74, 6) is -27.1. The van der Waals surface area contributed by atoms with Gasteiger partial charge in [-0.2, -0.15) is 39.5 Å². The lowest BCUT2D eigenvalue weighted by Crippen LogP contribution is -2.65. The van der Waals surface area contributed by atoms with Crippen molar-refractivity contribution in [2.24, 2.45) is 16.7 Å². The van der Waals surface area contributed by atoms with E-state index in [2.05, 4.69) is 0 Å². The molecule has 2 aliphatic rings. The van der Waals surface area contributed by atoms with Gasteiger partial charge in [-0.05, 0) is 24.2 Å². The summed E-state index contributed by atoms with van der Waals surface area (Å²) in [6.45, 7) is 3.03. The Morgan fingerprint density at radius 1 is 1.03 bits per heavy atom. The summed E-state index contributed by atoms with van der Waals surface area (Å²) < 4.78 is 141. The Morgan fingerprint density at radius 2 is 1.53 bits per heavy atom. The van der Waals surface area contributed by atoms with Crippen molar-refractivity contribution in [3.63, 3.8) is 0 Å². The van der Waals surface area contributed by atoms with Gasteiger partial charge in [0.15, 0.2) is 0 Å². The highest BCUT2D eigenvalue weighted by Crippen LogP contribution is 2.64. The van der Waals surface area contributed by atoms with Crippen LogP contribution in [-0.4, -0.2) is 49.8 Å². The van der Waals surface area contributed by atoms with E-state index in [1.54, 1.807) is 0 Å². The summed E-state index contributed by atoms with van der Waals surface area (Å²) in [6.07, 6.45) is -6.83. The zero-order chi connectivity index (χ0) is 23.8. The molecule has 15 heteroatoms. The number of rotatable bonds is 6. The molecular formula is C15H16F9NO4S. The Balaban J connectivity index is 2.31. The van der Waals surface area contributed by atoms with Gasteiger partial charge in [-0.15, -0.1) is 0 Å². The van der Waals surface area contributed by atoms with Crippen LogP contribution in [0.3, 0.4) is 0 Å². The van der Waals surface area contributed by atoms with Crippen molar-refractivity contribution in [3.05, 3.63) is 0 Å². The number of ketones is 1. The number of carbonyl (C=O) groups is 2. The van der Waals surface area contributed by atoms with E-state index in [4.69, 9.17) is 0 Å². The van der Waals surface area contributed by atoms with Crippen LogP contribution in [0.25, 0.3) is 0 Å². The van der Waals surface area contributed by atoms with Crippen molar-refractivity contribution < 1.29 is 57.5 Å². The Bertz CT molecular complexity index is 866. The Kier molecular flexibility index (Phi) is 5.34. The lowest BCUT2D eigenvalue weighted by Gasteiger charge is -2.36. The van der Waals surface area contributed by atoms with Gasteiger partial charge in [0.1, 0.15) is 5.78 Å². The van der Waals surface area contributed by atoms with Crippen LogP contribution in [0.5, 0.6) is 0 Å². The number of hydrogen-bond acceptors (Lipinski definition) is 4. The molecule has 0 aromatic rings. The second-order valence-corrected chi connectivity index (χ2v) is 9.80. The molecule has 2 aliphatic carbocycles. The molecule has 2 fully saturated rings. The predicted molar refractivity (Wildman–Crippen MR) is 81.4 cm³/mol. The highest BCUT2D eigenvalue weighted by atomic mass is 32.2. The van der Waals surface area contributed by atoms with Crippen LogP contribution in [0.15, 0.2) is 0 Å². The molecule has 2 saturated carbocycles. The smallest absolute Gasteiger partial charge is 0.299 e. The van der Waals surface area contributed by atoms with E-state index < -0.39 is 62.2 Å². The molecule has 0 aliphatic heterocycles. The standard InChI is InChI=1S/C15H16F9NO4S/c1-10(2)7-3-4-11(10,8(26)5-7)6-30(28,29)25-9(27)12(16,17)13(18,19)14(20,21)15(22,23)24/h7H,3-6H2,1-2H3,(H,25,27). The average molecular weight is 477 g/mol. The summed E-state index contributed by atoms with van der Waals surface area (Å²) in [5.41, 5.74) is -2.60. The SMILES string of the molecule is CC1(C)C2CCC1(CS(=O)(=O)NC(=O)C(F)(F)C(F)(F)C(F)(F)C(F)(F)F)C(=O)C2. The summed E-state index contributed by atoms with van der Waals surface area (Å²) in [6, 6.07) is 0. The van der Waals surface area contributed by atoms with Crippen LogP contribution in [0.4, 0.5) is 39.5 Å². The Morgan fingerprint density at radius 3 is 1.90 bits per heavy atom. The minimum absolute atomic E-state index is 0.0166. The number of amides is 1. The maximum Gasteiger partial charge on any atom is 0.460 e. The largest absolute Gasteiger partial charge is 0.460 e. The molecule has 2 atom stereocenters. The fraction of sp³-hybridized carbons (Fsp3) is 0.867. The van der Waals surface area contributed by atoms with Crippen LogP contribution in [-0.2, 0) is 19.6 Å². The van der Waals surface area contributed by atoms with Crippen molar-refractivity contribution >= 4 is 21.7 Å². The minimum Gasteiger partial charge on any atom is -0.299 e. The van der Waals surface area contributed by atoms with Gasteiger partial charge in [-0.25, -0.2) is 13.1 Å². The molecule has 2 unspecified atom stereocenters. The topological polar surface area (TPSA) is 80.3 Å². The third kappa shape index (κ3) is 3.18. The van der Waals surface area contributed by atoms with Gasteiger partial charge in [0.25, 0.3) is 0 Å². The highest BCUT2D eigenvalue weighted by Gasteiger charge is 2.84. The molecule has 0 radical (unpaired) electrons. The molecule has 0 spiro atoms. The Labute approximate surface area is 164 Å². The van der Waals surface area contributed by atoms with E-state index in [-0.39, 0.29) is 18.8 Å². The number of alkyl halides is 9. The van der Waals surface area contributed by atoms with E-state index in [1.807, 2.05) is 0 Å². The van der Waals surface area contributed by atoms with Crippen molar-refractivity contribution in [3.8, 4) is 0 Å². The second kappa shape index (κ2) is 6.48. The van der Waals surface area contributed by atoms with Crippen molar-refractivity contribution in [1.29, 1.82) is 0 Å². The first-order valence-electron chi connectivity index (χ1n) is 8.35. The van der Waals surface area contributed by atoms with Gasteiger partial charge < -0.3 is 0 Å². The summed E-state index contributed by atoms with van der Waals surface area (Å²) in [5, 5.41) is 0. The minimum atomic E-state index is -7.34. The number of sulfonamides is 1. The maximum absolute atomic E-state index is 13.6. The van der Waals surface area contributed by atoms with Gasteiger partial charge >= 0.3 is 29.9 Å². The lowest BCUT2D eigenvalue weighted by molar-refractivity contribution is -0.388. The molecular weight excluding hydrogens is 461 g/mol. The van der Waals surface area contributed by atoms with Crippen LogP contribution < -0.4 is 4.72 Å². The normalized spacial score (nSPS) is 27.4. The molecule has 0 heterocycles. The van der Waals surface area contributed by atoms with Gasteiger partial charge in [0.05, 0.1) is 11.2 Å². The first-order valence-corrected chi connectivity index (χ1v) is 10.0. The molecule has 2 rings (SSSR count). The Hall–Kier alpha value is -1.54. The molecule has 2 bridgehead atoms. The van der Waals surface area contributed by atoms with E-state index in [9.17, 15) is 57.5 Å². The molecule has 174 valence electrons. The molecule has 30 heavy (non-hydrogen) atoms. The van der Waals surface area contributed by atoms with Gasteiger partial charge in [-0.3, -0.25) is 9.59 Å². The number of hydrogen-bond donors (Lipinski definition) is 1. The highest BCUT2D eigenvalue weighted by molar-refractivity contribution is 7.90. The molecule has 0 aromatic carbocycles. The number of carbonyl (C=O) groups excluding carboxylic acids is 2. The predicted octanol–water partition coefficient (Wildman–Crippen LogP) is 3.30. The summed E-state index contributed by atoms with van der Waals surface area (Å²) in [7, 11) is -5.30. The van der Waals surface area contributed by atoms with Crippen LogP contribution in [0, 0.1) is 16.7 Å². The number of Topliss-reactive ketones (excluding diaryl/α,β-unsaturated/α-hetero) is 1. The van der Waals surface area contributed by atoms with Gasteiger partial charge in [0.2, 0.25) is 10.0 Å². The van der Waals surface area contributed by atoms with Crippen molar-refractivity contribution in [2.45, 2.75) is 57.1 Å². The fourth-order valence-electron chi connectivity index (χ4n) is 4.19. The number of fused-ring (bicyclic) bond motifs is 2. The van der Waals surface area contributed by atoms with E-state index in [0.29, 0.717) is 11.1 Å². The van der Waals surface area contributed by atoms with E-state index in [0.717, 1.165) is 0 Å². The van der Waals surface area contributed by atoms with Crippen molar-refractivity contribution in [1.82, 2.24) is 4.72 Å². The number of halogens is 9. The third-order valence-corrected chi connectivity index (χ3v) is 7.62. The fourth-order valence-corrected chi connectivity index (χ4v) is 6.00.